The van der Waals surface area contributed by atoms with Gasteiger partial charge in [0.1, 0.15) is 0 Å². The second-order valence-corrected chi connectivity index (χ2v) is 8.87. The van der Waals surface area contributed by atoms with E-state index in [1.807, 2.05) is 0 Å². The monoisotopic (exact) mass is 431 g/mol. The zero-order chi connectivity index (χ0) is 21.6. The molecule has 1 saturated heterocycles. The summed E-state index contributed by atoms with van der Waals surface area (Å²) in [7, 11) is -2.28. The second kappa shape index (κ2) is 9.73. The molecule has 0 bridgehead atoms. The van der Waals surface area contributed by atoms with Gasteiger partial charge in [0.05, 0.1) is 29.8 Å². The molecule has 2 aromatic carbocycles. The van der Waals surface area contributed by atoms with Gasteiger partial charge in [-0.3, -0.25) is 4.79 Å². The van der Waals surface area contributed by atoms with E-state index in [1.165, 1.54) is 17.5 Å². The molecule has 160 valence electrons. The average molecular weight is 432 g/mol. The Bertz CT molecular complexity index is 1020. The molecule has 0 aromatic heterocycles. The van der Waals surface area contributed by atoms with E-state index < -0.39 is 16.0 Å². The second-order valence-electron chi connectivity index (χ2n) is 6.93. The van der Waals surface area contributed by atoms with Crippen molar-refractivity contribution in [3.8, 4) is 0 Å². The normalized spacial score (nSPS) is 14.7. The Hall–Kier alpha value is -2.91. The molecule has 0 radical (unpaired) electrons. The van der Waals surface area contributed by atoms with Crippen LogP contribution in [0.3, 0.4) is 0 Å². The molecular formula is C21H25N3O5S. The number of nitrogens with one attached hydrogen (secondary N) is 2. The van der Waals surface area contributed by atoms with Gasteiger partial charge in [-0.05, 0) is 43.2 Å². The van der Waals surface area contributed by atoms with Crippen LogP contribution in [0.1, 0.15) is 29.6 Å². The first-order valence-corrected chi connectivity index (χ1v) is 11.2. The van der Waals surface area contributed by atoms with E-state index in [0.717, 1.165) is 19.3 Å². The lowest BCUT2D eigenvalue weighted by Crippen LogP contribution is -2.35. The third kappa shape index (κ3) is 5.17. The van der Waals surface area contributed by atoms with Gasteiger partial charge in [0.15, 0.2) is 0 Å². The molecule has 0 aliphatic carbocycles. The van der Waals surface area contributed by atoms with Crippen LogP contribution in [0.15, 0.2) is 53.4 Å². The highest BCUT2D eigenvalue weighted by atomic mass is 32.2. The minimum Gasteiger partial charge on any atom is -0.465 e. The number of amides is 1. The molecule has 1 heterocycles. The maximum Gasteiger partial charge on any atom is 0.339 e. The number of para-hydroxylation sites is 1. The molecule has 0 unspecified atom stereocenters. The number of methoxy groups -OCH3 is 1. The van der Waals surface area contributed by atoms with Crippen molar-refractivity contribution in [2.75, 3.05) is 37.4 Å². The number of anilines is 2. The summed E-state index contributed by atoms with van der Waals surface area (Å²) in [6.45, 7) is 0.965. The average Bonchev–Trinajstić information content (AvgIpc) is 2.78. The van der Waals surface area contributed by atoms with Crippen LogP contribution in [-0.2, 0) is 19.6 Å². The molecule has 2 aromatic rings. The van der Waals surface area contributed by atoms with Crippen molar-refractivity contribution in [2.24, 2.45) is 0 Å². The number of carbonyl (C=O) groups is 2. The molecule has 1 amide bonds. The third-order valence-electron chi connectivity index (χ3n) is 4.85. The van der Waals surface area contributed by atoms with Crippen molar-refractivity contribution < 1.29 is 22.7 Å². The van der Waals surface area contributed by atoms with Crippen molar-refractivity contribution in [3.63, 3.8) is 0 Å². The molecule has 1 fully saturated rings. The molecule has 1 aliphatic rings. The fraction of sp³-hybridized carbons (Fsp3) is 0.333. The Morgan fingerprint density at radius 1 is 1.03 bits per heavy atom. The van der Waals surface area contributed by atoms with Crippen molar-refractivity contribution in [3.05, 3.63) is 54.1 Å². The molecule has 9 heteroatoms. The molecule has 2 N–H and O–H groups in total. The Labute approximate surface area is 176 Å². The fourth-order valence-corrected chi connectivity index (χ4v) is 4.84. The van der Waals surface area contributed by atoms with Gasteiger partial charge in [0, 0.05) is 18.8 Å². The SMILES string of the molecule is COC(=O)c1ccccc1NC(=O)CNc1cccc(S(=O)(=O)N2CCCCC2)c1. The van der Waals surface area contributed by atoms with E-state index in [1.54, 1.807) is 42.5 Å². The van der Waals surface area contributed by atoms with Crippen LogP contribution >= 0.6 is 0 Å². The number of carbonyl (C=O) groups excluding carboxylic acids is 2. The molecule has 0 saturated carbocycles. The predicted molar refractivity (Wildman–Crippen MR) is 114 cm³/mol. The van der Waals surface area contributed by atoms with E-state index >= 15 is 0 Å². The summed E-state index contributed by atoms with van der Waals surface area (Å²) < 4.78 is 31.9. The van der Waals surface area contributed by atoms with Crippen LogP contribution in [-0.4, -0.2) is 51.3 Å². The Morgan fingerprint density at radius 2 is 1.77 bits per heavy atom. The number of hydrogen-bond acceptors (Lipinski definition) is 6. The molecule has 8 nitrogen and oxygen atoms in total. The van der Waals surface area contributed by atoms with E-state index in [9.17, 15) is 18.0 Å². The number of benzene rings is 2. The number of sulfonamides is 1. The van der Waals surface area contributed by atoms with Crippen LogP contribution in [0.5, 0.6) is 0 Å². The van der Waals surface area contributed by atoms with Gasteiger partial charge in [-0.1, -0.05) is 24.6 Å². The molecule has 30 heavy (non-hydrogen) atoms. The number of esters is 1. The van der Waals surface area contributed by atoms with E-state index in [4.69, 9.17) is 4.74 Å². The highest BCUT2D eigenvalue weighted by molar-refractivity contribution is 7.89. The summed E-state index contributed by atoms with van der Waals surface area (Å²) >= 11 is 0. The van der Waals surface area contributed by atoms with Gasteiger partial charge in [-0.2, -0.15) is 4.31 Å². The lowest BCUT2D eigenvalue weighted by Gasteiger charge is -2.26. The smallest absolute Gasteiger partial charge is 0.339 e. The quantitative estimate of drug-likeness (QED) is 0.653. The minimum absolute atomic E-state index is 0.0945. The number of hydrogen-bond donors (Lipinski definition) is 2. The highest BCUT2D eigenvalue weighted by Gasteiger charge is 2.26. The van der Waals surface area contributed by atoms with Crippen molar-refractivity contribution in [1.82, 2.24) is 4.31 Å². The molecule has 1 aliphatic heterocycles. The van der Waals surface area contributed by atoms with Crippen LogP contribution in [0, 0.1) is 0 Å². The zero-order valence-electron chi connectivity index (χ0n) is 16.8. The lowest BCUT2D eigenvalue weighted by molar-refractivity contribution is -0.114. The lowest BCUT2D eigenvalue weighted by atomic mass is 10.2. The van der Waals surface area contributed by atoms with Crippen LogP contribution in [0.25, 0.3) is 0 Å². The predicted octanol–water partition coefficient (Wildman–Crippen LogP) is 2.70. The first-order chi connectivity index (χ1) is 14.4. The number of ether oxygens (including phenoxy) is 1. The molecular weight excluding hydrogens is 406 g/mol. The molecule has 0 spiro atoms. The van der Waals surface area contributed by atoms with Crippen LogP contribution in [0.2, 0.25) is 0 Å². The Kier molecular flexibility index (Phi) is 7.07. The maximum absolute atomic E-state index is 12.8. The number of piperidine rings is 1. The van der Waals surface area contributed by atoms with E-state index in [-0.39, 0.29) is 22.9 Å². The Balaban J connectivity index is 1.65. The highest BCUT2D eigenvalue weighted by Crippen LogP contribution is 2.23. The first kappa shape index (κ1) is 21.8. The minimum atomic E-state index is -3.55. The molecule has 0 atom stereocenters. The number of nitrogens with zero attached hydrogens (tertiary/aromatic N) is 1. The van der Waals surface area contributed by atoms with Crippen LogP contribution in [0.4, 0.5) is 11.4 Å². The van der Waals surface area contributed by atoms with E-state index in [0.29, 0.717) is 24.5 Å². The summed E-state index contributed by atoms with van der Waals surface area (Å²) in [6, 6.07) is 13.0. The van der Waals surface area contributed by atoms with Crippen LogP contribution < -0.4 is 10.6 Å². The summed E-state index contributed by atoms with van der Waals surface area (Å²) in [5.74, 6) is -0.926. The third-order valence-corrected chi connectivity index (χ3v) is 6.74. The van der Waals surface area contributed by atoms with Gasteiger partial charge < -0.3 is 15.4 Å². The van der Waals surface area contributed by atoms with Crippen molar-refractivity contribution >= 4 is 33.3 Å². The zero-order valence-corrected chi connectivity index (χ0v) is 17.6. The van der Waals surface area contributed by atoms with Gasteiger partial charge in [0.25, 0.3) is 0 Å². The summed E-state index contributed by atoms with van der Waals surface area (Å²) in [6.07, 6.45) is 2.77. The Morgan fingerprint density at radius 3 is 2.50 bits per heavy atom. The maximum atomic E-state index is 12.8. The first-order valence-electron chi connectivity index (χ1n) is 9.73. The summed E-state index contributed by atoms with van der Waals surface area (Å²) in [5.41, 5.74) is 1.12. The standard InChI is InChI=1S/C21H25N3O5S/c1-29-21(26)18-10-3-4-11-19(18)23-20(25)15-22-16-8-7-9-17(14-16)30(27,28)24-12-5-2-6-13-24/h3-4,7-11,14,22H,2,5-6,12-13,15H2,1H3,(H,23,25). The topological polar surface area (TPSA) is 105 Å². The van der Waals surface area contributed by atoms with Gasteiger partial charge >= 0.3 is 5.97 Å². The van der Waals surface area contributed by atoms with Crippen molar-refractivity contribution in [1.29, 1.82) is 0 Å². The van der Waals surface area contributed by atoms with E-state index in [2.05, 4.69) is 10.6 Å². The summed E-state index contributed by atoms with van der Waals surface area (Å²) in [5, 5.41) is 5.60. The van der Waals surface area contributed by atoms with Crippen molar-refractivity contribution in [2.45, 2.75) is 24.2 Å². The van der Waals surface area contributed by atoms with Gasteiger partial charge in [-0.15, -0.1) is 0 Å². The van der Waals surface area contributed by atoms with Gasteiger partial charge in [-0.25, -0.2) is 13.2 Å². The number of rotatable bonds is 7. The largest absolute Gasteiger partial charge is 0.465 e. The fourth-order valence-electron chi connectivity index (χ4n) is 3.28. The van der Waals surface area contributed by atoms with Gasteiger partial charge in [0.2, 0.25) is 15.9 Å². The summed E-state index contributed by atoms with van der Waals surface area (Å²) in [4.78, 5) is 24.3. The molecule has 3 rings (SSSR count).